The van der Waals surface area contributed by atoms with Crippen molar-refractivity contribution >= 4 is 28.5 Å². The molecule has 2 atom stereocenters. The van der Waals surface area contributed by atoms with Crippen molar-refractivity contribution in [3.63, 3.8) is 0 Å². The number of rotatable bonds is 4. The third-order valence-corrected chi connectivity index (χ3v) is 4.59. The molecule has 0 radical (unpaired) electrons. The Bertz CT molecular complexity index is 740. The van der Waals surface area contributed by atoms with Gasteiger partial charge in [0.2, 0.25) is 11.8 Å². The Morgan fingerprint density at radius 2 is 2.32 bits per heavy atom. The SMILES string of the molecule is C[C@@H](Oc1nc(Cl)cc2ncn(C3CC3)c12)C1CNC(=O)C1. The monoisotopic (exact) mass is 320 g/mol. The third kappa shape index (κ3) is 2.41. The first-order chi connectivity index (χ1) is 10.6. The second kappa shape index (κ2) is 5.12. The number of ether oxygens (including phenoxy) is 1. The van der Waals surface area contributed by atoms with Crippen molar-refractivity contribution in [3.05, 3.63) is 17.5 Å². The lowest BCUT2D eigenvalue weighted by Crippen LogP contribution is -2.26. The number of halogens is 1. The molecule has 1 unspecified atom stereocenters. The number of carbonyl (C=O) groups excluding carboxylic acids is 1. The van der Waals surface area contributed by atoms with Crippen LogP contribution in [0.2, 0.25) is 5.15 Å². The molecular formula is C15H17ClN4O2. The van der Waals surface area contributed by atoms with E-state index in [1.165, 1.54) is 0 Å². The number of amides is 1. The van der Waals surface area contributed by atoms with Gasteiger partial charge in [-0.2, -0.15) is 4.98 Å². The molecule has 2 fully saturated rings. The van der Waals surface area contributed by atoms with Gasteiger partial charge in [-0.1, -0.05) is 11.6 Å². The number of carbonyl (C=O) groups is 1. The second-order valence-corrected chi connectivity index (χ2v) is 6.48. The number of pyridine rings is 1. The van der Waals surface area contributed by atoms with Crippen molar-refractivity contribution in [2.24, 2.45) is 5.92 Å². The molecule has 0 spiro atoms. The number of imidazole rings is 1. The molecule has 0 bridgehead atoms. The van der Waals surface area contributed by atoms with E-state index in [1.54, 1.807) is 6.07 Å². The van der Waals surface area contributed by atoms with Gasteiger partial charge in [-0.05, 0) is 19.8 Å². The second-order valence-electron chi connectivity index (χ2n) is 6.09. The standard InChI is InChI=1S/C15H17ClN4O2/c1-8(9-4-13(21)17-6-9)22-15-14-11(5-12(16)19-15)18-7-20(14)10-2-3-10/h5,7-10H,2-4,6H2,1H3,(H,17,21)/t8-,9?/m1/s1. The molecule has 4 rings (SSSR count). The van der Waals surface area contributed by atoms with Crippen molar-refractivity contribution in [2.75, 3.05) is 6.54 Å². The van der Waals surface area contributed by atoms with Gasteiger partial charge in [0.15, 0.2) is 0 Å². The lowest BCUT2D eigenvalue weighted by Gasteiger charge is -2.19. The Morgan fingerprint density at radius 1 is 1.50 bits per heavy atom. The van der Waals surface area contributed by atoms with Gasteiger partial charge >= 0.3 is 0 Å². The molecule has 1 aliphatic carbocycles. The van der Waals surface area contributed by atoms with E-state index in [-0.39, 0.29) is 17.9 Å². The minimum absolute atomic E-state index is 0.0765. The predicted octanol–water partition coefficient (Wildman–Crippen LogP) is 2.32. The summed E-state index contributed by atoms with van der Waals surface area (Å²) < 4.78 is 8.19. The third-order valence-electron chi connectivity index (χ3n) is 4.40. The zero-order chi connectivity index (χ0) is 15.3. The van der Waals surface area contributed by atoms with Gasteiger partial charge in [0, 0.05) is 31.0 Å². The Kier molecular flexibility index (Phi) is 3.22. The van der Waals surface area contributed by atoms with Crippen molar-refractivity contribution in [3.8, 4) is 5.88 Å². The van der Waals surface area contributed by atoms with Crippen molar-refractivity contribution in [1.29, 1.82) is 0 Å². The van der Waals surface area contributed by atoms with E-state index in [0.717, 1.165) is 23.9 Å². The highest BCUT2D eigenvalue weighted by atomic mass is 35.5. The molecule has 0 aromatic carbocycles. The minimum Gasteiger partial charge on any atom is -0.473 e. The molecule has 1 saturated carbocycles. The number of hydrogen-bond acceptors (Lipinski definition) is 4. The van der Waals surface area contributed by atoms with Crippen LogP contribution < -0.4 is 10.1 Å². The maximum atomic E-state index is 11.4. The fourth-order valence-corrected chi connectivity index (χ4v) is 3.12. The topological polar surface area (TPSA) is 69.0 Å². The van der Waals surface area contributed by atoms with Gasteiger partial charge in [0.25, 0.3) is 0 Å². The summed E-state index contributed by atoms with van der Waals surface area (Å²) in [6.45, 7) is 2.61. The smallest absolute Gasteiger partial charge is 0.241 e. The van der Waals surface area contributed by atoms with Gasteiger partial charge in [-0.3, -0.25) is 4.79 Å². The van der Waals surface area contributed by atoms with Crippen LogP contribution in [0, 0.1) is 5.92 Å². The largest absolute Gasteiger partial charge is 0.473 e. The molecule has 2 aromatic heterocycles. The number of aromatic nitrogens is 3. The van der Waals surface area contributed by atoms with Crippen LogP contribution >= 0.6 is 11.6 Å². The van der Waals surface area contributed by atoms with Crippen LogP contribution in [0.15, 0.2) is 12.4 Å². The Hall–Kier alpha value is -1.82. The van der Waals surface area contributed by atoms with Gasteiger partial charge in [-0.15, -0.1) is 0 Å². The summed E-state index contributed by atoms with van der Waals surface area (Å²) in [4.78, 5) is 20.1. The molecule has 22 heavy (non-hydrogen) atoms. The molecule has 6 nitrogen and oxygen atoms in total. The van der Waals surface area contributed by atoms with Crippen LogP contribution in [0.4, 0.5) is 0 Å². The van der Waals surface area contributed by atoms with Gasteiger partial charge in [-0.25, -0.2) is 4.98 Å². The van der Waals surface area contributed by atoms with Crippen LogP contribution in [0.1, 0.15) is 32.2 Å². The average Bonchev–Trinajstić information content (AvgIpc) is 3.08. The number of fused-ring (bicyclic) bond motifs is 1. The Morgan fingerprint density at radius 3 is 3.00 bits per heavy atom. The molecular weight excluding hydrogens is 304 g/mol. The van der Waals surface area contributed by atoms with Crippen LogP contribution in [0.3, 0.4) is 0 Å². The van der Waals surface area contributed by atoms with E-state index in [2.05, 4.69) is 19.9 Å². The minimum atomic E-state index is -0.115. The zero-order valence-corrected chi connectivity index (χ0v) is 13.0. The normalized spacial score (nSPS) is 22.8. The van der Waals surface area contributed by atoms with Crippen LogP contribution in [-0.2, 0) is 4.79 Å². The molecule has 2 aliphatic rings. The maximum absolute atomic E-state index is 11.4. The number of hydrogen-bond donors (Lipinski definition) is 1. The fraction of sp³-hybridized carbons (Fsp3) is 0.533. The fourth-order valence-electron chi connectivity index (χ4n) is 2.94. The summed E-state index contributed by atoms with van der Waals surface area (Å²) in [5.74, 6) is 0.743. The summed E-state index contributed by atoms with van der Waals surface area (Å²) in [7, 11) is 0. The number of nitrogens with one attached hydrogen (secondary N) is 1. The molecule has 1 N–H and O–H groups in total. The molecule has 116 valence electrons. The molecule has 1 amide bonds. The van der Waals surface area contributed by atoms with Crippen LogP contribution in [-0.4, -0.2) is 33.1 Å². The van der Waals surface area contributed by atoms with E-state index in [1.807, 2.05) is 13.3 Å². The van der Waals surface area contributed by atoms with E-state index in [0.29, 0.717) is 30.0 Å². The average molecular weight is 321 g/mol. The van der Waals surface area contributed by atoms with Gasteiger partial charge in [0.1, 0.15) is 16.8 Å². The van der Waals surface area contributed by atoms with Crippen LogP contribution in [0.25, 0.3) is 11.0 Å². The van der Waals surface area contributed by atoms with Gasteiger partial charge < -0.3 is 14.6 Å². The number of nitrogens with zero attached hydrogens (tertiary/aromatic N) is 3. The summed E-state index contributed by atoms with van der Waals surface area (Å²) in [6.07, 6.45) is 4.52. The summed E-state index contributed by atoms with van der Waals surface area (Å²) in [5, 5.41) is 3.21. The van der Waals surface area contributed by atoms with Crippen molar-refractivity contribution < 1.29 is 9.53 Å². The summed E-state index contributed by atoms with van der Waals surface area (Å²) in [5.41, 5.74) is 1.70. The quantitative estimate of drug-likeness (QED) is 0.878. The summed E-state index contributed by atoms with van der Waals surface area (Å²) >= 11 is 6.09. The Balaban J connectivity index is 1.67. The lowest BCUT2D eigenvalue weighted by atomic mass is 10.0. The highest BCUT2D eigenvalue weighted by molar-refractivity contribution is 6.30. The highest BCUT2D eigenvalue weighted by Gasteiger charge is 2.31. The maximum Gasteiger partial charge on any atom is 0.241 e. The lowest BCUT2D eigenvalue weighted by molar-refractivity contribution is -0.119. The highest BCUT2D eigenvalue weighted by Crippen LogP contribution is 2.40. The first-order valence-electron chi connectivity index (χ1n) is 7.58. The molecule has 1 saturated heterocycles. The molecule has 7 heteroatoms. The first-order valence-corrected chi connectivity index (χ1v) is 7.96. The van der Waals surface area contributed by atoms with Gasteiger partial charge in [0.05, 0.1) is 11.8 Å². The molecule has 1 aliphatic heterocycles. The van der Waals surface area contributed by atoms with Crippen molar-refractivity contribution in [1.82, 2.24) is 19.9 Å². The van der Waals surface area contributed by atoms with E-state index < -0.39 is 0 Å². The molecule has 3 heterocycles. The zero-order valence-electron chi connectivity index (χ0n) is 12.3. The van der Waals surface area contributed by atoms with E-state index in [4.69, 9.17) is 16.3 Å². The predicted molar refractivity (Wildman–Crippen MR) is 82.0 cm³/mol. The first kappa shape index (κ1) is 13.8. The van der Waals surface area contributed by atoms with E-state index >= 15 is 0 Å². The summed E-state index contributed by atoms with van der Waals surface area (Å²) in [6, 6.07) is 2.24. The van der Waals surface area contributed by atoms with Crippen molar-refractivity contribution in [2.45, 2.75) is 38.3 Å². The van der Waals surface area contributed by atoms with E-state index in [9.17, 15) is 4.79 Å². The Labute approximate surface area is 132 Å². The van der Waals surface area contributed by atoms with Crippen LogP contribution in [0.5, 0.6) is 5.88 Å². The molecule has 2 aromatic rings.